The molecule has 0 saturated carbocycles. The van der Waals surface area contributed by atoms with Crippen LogP contribution in [0.3, 0.4) is 0 Å². The average Bonchev–Trinajstić information content (AvgIpc) is 3.28. The Kier molecular flexibility index (Phi) is 6.03. The number of hydrogen-bond donors (Lipinski definition) is 2. The second-order valence-electron chi connectivity index (χ2n) is 7.03. The monoisotopic (exact) mass is 465 g/mol. The van der Waals surface area contributed by atoms with Crippen molar-refractivity contribution >= 4 is 33.4 Å². The molecule has 0 aliphatic carbocycles. The molecule has 4 rings (SSSR count). The van der Waals surface area contributed by atoms with Crippen LogP contribution in [-0.4, -0.2) is 50.3 Å². The zero-order valence-corrected chi connectivity index (χ0v) is 17.9. The van der Waals surface area contributed by atoms with Crippen molar-refractivity contribution in [1.29, 1.82) is 0 Å². The van der Waals surface area contributed by atoms with Gasteiger partial charge in [-0.2, -0.15) is 4.31 Å². The Morgan fingerprint density at radius 1 is 1.00 bits per heavy atom. The van der Waals surface area contributed by atoms with Crippen LogP contribution in [0.1, 0.15) is 23.2 Å². The number of rotatable bonds is 4. The number of fused-ring (bicyclic) bond motifs is 1. The number of sulfonamides is 1. The number of hydrogen-bond acceptors (Lipinski definition) is 6. The SMILES string of the molecule is O=C(NNC(=O)C1CCCN1S(=O)(=O)c1ccc2c(c1)OCCO2)c1ccc(Cl)cc1. The third-order valence-electron chi connectivity index (χ3n) is 5.03. The minimum Gasteiger partial charge on any atom is -0.486 e. The Morgan fingerprint density at radius 3 is 2.45 bits per heavy atom. The van der Waals surface area contributed by atoms with Crippen LogP contribution < -0.4 is 20.3 Å². The Bertz CT molecular complexity index is 1110. The maximum atomic E-state index is 13.2. The molecule has 0 bridgehead atoms. The van der Waals surface area contributed by atoms with E-state index in [1.807, 2.05) is 0 Å². The van der Waals surface area contributed by atoms with E-state index in [2.05, 4.69) is 10.9 Å². The van der Waals surface area contributed by atoms with Gasteiger partial charge in [0.2, 0.25) is 10.0 Å². The summed E-state index contributed by atoms with van der Waals surface area (Å²) in [5.41, 5.74) is 4.93. The Hall–Kier alpha value is -2.82. The lowest BCUT2D eigenvalue weighted by molar-refractivity contribution is -0.125. The molecule has 1 unspecified atom stereocenters. The number of benzene rings is 2. The van der Waals surface area contributed by atoms with Gasteiger partial charge in [-0.25, -0.2) is 8.42 Å². The predicted octanol–water partition coefficient (Wildman–Crippen LogP) is 1.73. The van der Waals surface area contributed by atoms with Gasteiger partial charge in [0.25, 0.3) is 11.8 Å². The highest BCUT2D eigenvalue weighted by Crippen LogP contribution is 2.34. The van der Waals surface area contributed by atoms with Gasteiger partial charge in [-0.1, -0.05) is 11.6 Å². The predicted molar refractivity (Wildman–Crippen MR) is 111 cm³/mol. The smallest absolute Gasteiger partial charge is 0.269 e. The first kappa shape index (κ1) is 21.4. The molecule has 2 heterocycles. The fourth-order valence-electron chi connectivity index (χ4n) is 3.48. The summed E-state index contributed by atoms with van der Waals surface area (Å²) >= 11 is 5.80. The molecular formula is C20H20ClN3O6S. The number of nitrogens with zero attached hydrogens (tertiary/aromatic N) is 1. The number of hydrazine groups is 1. The van der Waals surface area contributed by atoms with Gasteiger partial charge >= 0.3 is 0 Å². The molecule has 11 heteroatoms. The fraction of sp³-hybridized carbons (Fsp3) is 0.300. The number of carbonyl (C=O) groups is 2. The number of ether oxygens (including phenoxy) is 2. The van der Waals surface area contributed by atoms with Crippen LogP contribution in [-0.2, 0) is 14.8 Å². The van der Waals surface area contributed by atoms with Gasteiger partial charge in [-0.3, -0.25) is 20.4 Å². The molecule has 9 nitrogen and oxygen atoms in total. The molecule has 1 fully saturated rings. The zero-order valence-electron chi connectivity index (χ0n) is 16.3. The largest absolute Gasteiger partial charge is 0.486 e. The molecule has 2 N–H and O–H groups in total. The van der Waals surface area contributed by atoms with Crippen LogP contribution in [0.5, 0.6) is 11.5 Å². The molecule has 2 aromatic carbocycles. The van der Waals surface area contributed by atoms with E-state index in [4.69, 9.17) is 21.1 Å². The van der Waals surface area contributed by atoms with Gasteiger partial charge < -0.3 is 9.47 Å². The third kappa shape index (κ3) is 4.46. The van der Waals surface area contributed by atoms with Crippen LogP contribution >= 0.6 is 11.6 Å². The maximum absolute atomic E-state index is 13.2. The Labute approximate surface area is 184 Å². The first-order valence-corrected chi connectivity index (χ1v) is 11.5. The van der Waals surface area contributed by atoms with Gasteiger partial charge in [0.15, 0.2) is 11.5 Å². The topological polar surface area (TPSA) is 114 Å². The van der Waals surface area contributed by atoms with Crippen LogP contribution in [0.15, 0.2) is 47.4 Å². The lowest BCUT2D eigenvalue weighted by atomic mass is 10.2. The molecule has 164 valence electrons. The molecule has 1 atom stereocenters. The summed E-state index contributed by atoms with van der Waals surface area (Å²) in [5, 5.41) is 0.478. The van der Waals surface area contributed by atoms with Crippen molar-refractivity contribution in [3.63, 3.8) is 0 Å². The van der Waals surface area contributed by atoms with E-state index in [-0.39, 0.29) is 11.4 Å². The number of amides is 2. The first-order chi connectivity index (χ1) is 14.9. The van der Waals surface area contributed by atoms with Gasteiger partial charge in [0, 0.05) is 23.2 Å². The molecule has 31 heavy (non-hydrogen) atoms. The van der Waals surface area contributed by atoms with E-state index in [1.54, 1.807) is 18.2 Å². The van der Waals surface area contributed by atoms with Crippen LogP contribution in [0.25, 0.3) is 0 Å². The van der Waals surface area contributed by atoms with E-state index in [0.29, 0.717) is 48.1 Å². The fourth-order valence-corrected chi connectivity index (χ4v) is 5.28. The van der Waals surface area contributed by atoms with Crippen LogP contribution in [0, 0.1) is 0 Å². The van der Waals surface area contributed by atoms with Gasteiger partial charge in [0.1, 0.15) is 19.3 Å². The lowest BCUT2D eigenvalue weighted by Gasteiger charge is -2.24. The quantitative estimate of drug-likeness (QED) is 0.665. The van der Waals surface area contributed by atoms with E-state index in [0.717, 1.165) is 4.31 Å². The molecule has 2 aliphatic heterocycles. The van der Waals surface area contributed by atoms with Crippen molar-refractivity contribution in [1.82, 2.24) is 15.2 Å². The van der Waals surface area contributed by atoms with Crippen LogP contribution in [0.4, 0.5) is 0 Å². The maximum Gasteiger partial charge on any atom is 0.269 e. The summed E-state index contributed by atoms with van der Waals surface area (Å²) in [5.74, 6) is -0.321. The molecule has 2 aromatic rings. The standard InChI is InChI=1S/C20H20ClN3O6S/c21-14-5-3-13(4-6-14)19(25)22-23-20(26)16-2-1-9-24(16)31(27,28)15-7-8-17-18(12-15)30-11-10-29-17/h3-8,12,16H,1-2,9-11H2,(H,22,25)(H,23,26). The first-order valence-electron chi connectivity index (χ1n) is 9.63. The summed E-state index contributed by atoms with van der Waals surface area (Å²) in [7, 11) is -3.95. The van der Waals surface area contributed by atoms with E-state index < -0.39 is 27.9 Å². The van der Waals surface area contributed by atoms with Crippen molar-refractivity contribution in [2.45, 2.75) is 23.8 Å². The molecule has 0 radical (unpaired) electrons. The van der Waals surface area contributed by atoms with Crippen molar-refractivity contribution in [3.8, 4) is 11.5 Å². The van der Waals surface area contributed by atoms with Crippen molar-refractivity contribution in [2.75, 3.05) is 19.8 Å². The molecular weight excluding hydrogens is 446 g/mol. The number of carbonyl (C=O) groups excluding carboxylic acids is 2. The summed E-state index contributed by atoms with van der Waals surface area (Å²) in [4.78, 5) is 24.9. The highest BCUT2D eigenvalue weighted by Gasteiger charge is 2.40. The second-order valence-corrected chi connectivity index (χ2v) is 9.36. The average molecular weight is 466 g/mol. The molecule has 0 spiro atoms. The van der Waals surface area contributed by atoms with Crippen molar-refractivity contribution < 1.29 is 27.5 Å². The minimum absolute atomic E-state index is 0.0154. The zero-order chi connectivity index (χ0) is 22.0. The number of halogens is 1. The van der Waals surface area contributed by atoms with Gasteiger partial charge in [-0.15, -0.1) is 0 Å². The molecule has 2 amide bonds. The van der Waals surface area contributed by atoms with Gasteiger partial charge in [0.05, 0.1) is 4.90 Å². The summed E-state index contributed by atoms with van der Waals surface area (Å²) < 4.78 is 38.4. The van der Waals surface area contributed by atoms with Crippen molar-refractivity contribution in [2.24, 2.45) is 0 Å². The second kappa shape index (κ2) is 8.74. The highest BCUT2D eigenvalue weighted by atomic mass is 35.5. The van der Waals surface area contributed by atoms with Crippen molar-refractivity contribution in [3.05, 3.63) is 53.1 Å². The molecule has 0 aromatic heterocycles. The molecule has 1 saturated heterocycles. The highest BCUT2D eigenvalue weighted by molar-refractivity contribution is 7.89. The lowest BCUT2D eigenvalue weighted by Crippen LogP contribution is -2.51. The minimum atomic E-state index is -3.95. The van der Waals surface area contributed by atoms with E-state index >= 15 is 0 Å². The Balaban J connectivity index is 1.46. The molecule has 2 aliphatic rings. The van der Waals surface area contributed by atoms with Crippen LogP contribution in [0.2, 0.25) is 5.02 Å². The Morgan fingerprint density at radius 2 is 1.71 bits per heavy atom. The summed E-state index contributed by atoms with van der Waals surface area (Å²) in [6, 6.07) is 9.56. The third-order valence-corrected chi connectivity index (χ3v) is 7.19. The summed E-state index contributed by atoms with van der Waals surface area (Å²) in [6.45, 7) is 0.924. The number of nitrogens with one attached hydrogen (secondary N) is 2. The summed E-state index contributed by atoms with van der Waals surface area (Å²) in [6.07, 6.45) is 0.861. The van der Waals surface area contributed by atoms with E-state index in [9.17, 15) is 18.0 Å². The van der Waals surface area contributed by atoms with E-state index in [1.165, 1.54) is 24.3 Å². The normalized spacial score (nSPS) is 18.4. The van der Waals surface area contributed by atoms with Gasteiger partial charge in [-0.05, 0) is 49.2 Å².